The Morgan fingerprint density at radius 1 is 1.24 bits per heavy atom. The number of hydrogen-bond donors (Lipinski definition) is 3. The smallest absolute Gasteiger partial charge is 0.407 e. The first-order valence-electron chi connectivity index (χ1n) is 11.0. The van der Waals surface area contributed by atoms with Crippen LogP contribution in [-0.4, -0.2) is 61.1 Å². The molecule has 1 aliphatic heterocycles. The fraction of sp³-hybridized carbons (Fsp3) is 0.600. The van der Waals surface area contributed by atoms with Gasteiger partial charge in [-0.25, -0.2) is 23.0 Å². The Balaban J connectivity index is 1.23. The molecule has 4 rings (SSSR count). The summed E-state index contributed by atoms with van der Waals surface area (Å²) in [6.45, 7) is 4.15. The molecule has 1 saturated carbocycles. The van der Waals surface area contributed by atoms with Crippen LogP contribution in [0.3, 0.4) is 0 Å². The van der Waals surface area contributed by atoms with Crippen LogP contribution in [-0.2, 0) is 14.8 Å². The summed E-state index contributed by atoms with van der Waals surface area (Å²) in [5, 5.41) is 12.7. The number of rotatable bonds is 6. The van der Waals surface area contributed by atoms with E-state index in [1.807, 2.05) is 4.90 Å². The number of aromatic amines is 1. The van der Waals surface area contributed by atoms with Gasteiger partial charge in [0.2, 0.25) is 10.0 Å². The van der Waals surface area contributed by atoms with Crippen molar-refractivity contribution in [3.63, 3.8) is 0 Å². The molecule has 186 valence electrons. The number of ether oxygens (including phenoxy) is 1. The molecule has 1 atom stereocenters. The van der Waals surface area contributed by atoms with Gasteiger partial charge in [-0.1, -0.05) is 16.8 Å². The van der Waals surface area contributed by atoms with Crippen molar-refractivity contribution in [3.8, 4) is 0 Å². The summed E-state index contributed by atoms with van der Waals surface area (Å²) < 4.78 is 38.6. The monoisotopic (exact) mass is 514 g/mol. The molecule has 0 spiro atoms. The number of carbonyl (C=O) groups excluding carboxylic acids is 1. The molecular weight excluding hydrogens is 488 g/mol. The maximum Gasteiger partial charge on any atom is 0.407 e. The number of halogens is 1. The fourth-order valence-corrected chi connectivity index (χ4v) is 6.33. The lowest BCUT2D eigenvalue weighted by Gasteiger charge is -2.29. The minimum absolute atomic E-state index is 0.0573. The van der Waals surface area contributed by atoms with Crippen molar-refractivity contribution in [1.29, 1.82) is 0 Å². The van der Waals surface area contributed by atoms with E-state index in [1.165, 1.54) is 6.20 Å². The average molecular weight is 515 g/mol. The molecule has 1 amide bonds. The van der Waals surface area contributed by atoms with Gasteiger partial charge in [0.05, 0.1) is 18.4 Å². The average Bonchev–Trinajstić information content (AvgIpc) is 3.37. The molecule has 2 aliphatic rings. The molecule has 0 radical (unpaired) electrons. The highest BCUT2D eigenvalue weighted by Crippen LogP contribution is 2.26. The Bertz CT molecular complexity index is 1190. The van der Waals surface area contributed by atoms with Crippen LogP contribution in [0.2, 0.25) is 5.02 Å². The zero-order valence-electron chi connectivity index (χ0n) is 18.8. The minimum atomic E-state index is -3.73. The molecule has 34 heavy (non-hydrogen) atoms. The second-order valence-corrected chi connectivity index (χ2v) is 10.7. The molecular formula is C20H27ClN6O6S. The maximum atomic E-state index is 12.7. The van der Waals surface area contributed by atoms with E-state index in [9.17, 15) is 18.0 Å². The van der Waals surface area contributed by atoms with Gasteiger partial charge in [-0.3, -0.25) is 4.79 Å². The van der Waals surface area contributed by atoms with Crippen LogP contribution >= 0.6 is 11.6 Å². The number of anilines is 1. The van der Waals surface area contributed by atoms with E-state index >= 15 is 0 Å². The van der Waals surface area contributed by atoms with E-state index in [0.717, 1.165) is 0 Å². The first-order chi connectivity index (χ1) is 16.1. The van der Waals surface area contributed by atoms with Gasteiger partial charge < -0.3 is 19.5 Å². The summed E-state index contributed by atoms with van der Waals surface area (Å²) in [5.41, 5.74) is 0.367. The number of alkyl carbamates (subject to hydrolysis) is 1. The number of hydrogen-bond acceptors (Lipinski definition) is 9. The van der Waals surface area contributed by atoms with E-state index in [1.54, 1.807) is 13.8 Å². The lowest BCUT2D eigenvalue weighted by Crippen LogP contribution is -2.44. The van der Waals surface area contributed by atoms with Gasteiger partial charge in [-0.15, -0.1) is 0 Å². The van der Waals surface area contributed by atoms with Crippen LogP contribution in [0.15, 0.2) is 20.4 Å². The molecule has 3 heterocycles. The summed E-state index contributed by atoms with van der Waals surface area (Å²) in [7, 11) is -3.73. The second-order valence-electron chi connectivity index (χ2n) is 8.63. The van der Waals surface area contributed by atoms with Crippen LogP contribution in [0.25, 0.3) is 0 Å². The Kier molecular flexibility index (Phi) is 7.14. The van der Waals surface area contributed by atoms with Crippen molar-refractivity contribution in [3.05, 3.63) is 33.0 Å². The van der Waals surface area contributed by atoms with E-state index in [-0.39, 0.29) is 33.9 Å². The number of aryl methyl sites for hydroxylation is 2. The van der Waals surface area contributed by atoms with Gasteiger partial charge >= 0.3 is 6.09 Å². The highest BCUT2D eigenvalue weighted by Gasteiger charge is 2.32. The number of amides is 1. The summed E-state index contributed by atoms with van der Waals surface area (Å²) in [4.78, 5) is 26.0. The lowest BCUT2D eigenvalue weighted by atomic mass is 9.92. The fourth-order valence-electron chi connectivity index (χ4n) is 4.48. The number of aromatic nitrogens is 3. The number of nitrogens with one attached hydrogen (secondary N) is 3. The molecule has 0 bridgehead atoms. The number of carbonyl (C=O) groups is 1. The number of H-pyrrole nitrogens is 1. The third-order valence-electron chi connectivity index (χ3n) is 6.14. The Morgan fingerprint density at radius 3 is 2.62 bits per heavy atom. The van der Waals surface area contributed by atoms with Crippen molar-refractivity contribution in [2.45, 2.75) is 69.0 Å². The van der Waals surface area contributed by atoms with Gasteiger partial charge in [-0.05, 0) is 39.5 Å². The quantitative estimate of drug-likeness (QED) is 0.520. The Labute approximate surface area is 201 Å². The molecule has 12 nitrogen and oxygen atoms in total. The van der Waals surface area contributed by atoms with Crippen LogP contribution < -0.4 is 20.5 Å². The highest BCUT2D eigenvalue weighted by atomic mass is 35.5. The van der Waals surface area contributed by atoms with Gasteiger partial charge in [0.25, 0.3) is 5.56 Å². The van der Waals surface area contributed by atoms with Gasteiger partial charge in [0.15, 0.2) is 5.76 Å². The van der Waals surface area contributed by atoms with Gasteiger partial charge in [-0.2, -0.15) is 5.10 Å². The first kappa shape index (κ1) is 24.5. The van der Waals surface area contributed by atoms with Crippen molar-refractivity contribution in [1.82, 2.24) is 25.4 Å². The van der Waals surface area contributed by atoms with E-state index in [2.05, 4.69) is 25.4 Å². The number of nitrogens with zero attached hydrogens (tertiary/aromatic N) is 3. The van der Waals surface area contributed by atoms with Crippen LogP contribution in [0.5, 0.6) is 0 Å². The first-order valence-corrected chi connectivity index (χ1v) is 12.9. The highest BCUT2D eigenvalue weighted by molar-refractivity contribution is 7.89. The lowest BCUT2D eigenvalue weighted by molar-refractivity contribution is 0.102. The zero-order valence-corrected chi connectivity index (χ0v) is 20.4. The summed E-state index contributed by atoms with van der Waals surface area (Å²) in [6, 6.07) is -0.334. The summed E-state index contributed by atoms with van der Waals surface area (Å²) >= 11 is 6.06. The normalized spacial score (nSPS) is 23.1. The van der Waals surface area contributed by atoms with Crippen molar-refractivity contribution < 1.29 is 22.5 Å². The molecule has 1 saturated heterocycles. The summed E-state index contributed by atoms with van der Waals surface area (Å²) in [6.07, 6.45) is 3.63. The third-order valence-corrected chi connectivity index (χ3v) is 8.27. The third kappa shape index (κ3) is 5.36. The van der Waals surface area contributed by atoms with E-state index in [4.69, 9.17) is 20.9 Å². The Hall–Kier alpha value is -2.64. The molecule has 3 N–H and O–H groups in total. The molecule has 2 fully saturated rings. The van der Waals surface area contributed by atoms with Gasteiger partial charge in [0, 0.05) is 25.0 Å². The maximum absolute atomic E-state index is 12.7. The second kappa shape index (κ2) is 9.92. The van der Waals surface area contributed by atoms with Crippen LogP contribution in [0.4, 0.5) is 10.5 Å². The number of sulfonamides is 1. The largest absolute Gasteiger partial charge is 0.444 e. The summed E-state index contributed by atoms with van der Waals surface area (Å²) in [5.74, 6) is 0.256. The molecule has 2 aromatic heterocycles. The predicted molar refractivity (Wildman–Crippen MR) is 122 cm³/mol. The van der Waals surface area contributed by atoms with Crippen molar-refractivity contribution in [2.75, 3.05) is 18.0 Å². The van der Waals surface area contributed by atoms with Crippen LogP contribution in [0.1, 0.15) is 43.6 Å². The molecule has 14 heteroatoms. The van der Waals surface area contributed by atoms with Crippen LogP contribution in [0, 0.1) is 13.8 Å². The SMILES string of the molecule is Cc1noc(C)c1S(=O)(=O)NC1CCC(NC(=O)O[C@@H]2CCN(c3cn[nH]c(=O)c3Cl)C2)CC1. The molecule has 0 unspecified atom stereocenters. The standard InChI is InChI=1S/C20H27ClN6O6S/c1-11-18(12(2)33-25-11)34(30,31)26-14-5-3-13(4-6-14)23-20(29)32-15-7-8-27(10-15)16-9-22-24-19(28)17(16)21/h9,13-15,26H,3-8,10H2,1-2H3,(H,23,29)(H,24,28)/t13?,14?,15-/m1/s1. The minimum Gasteiger partial charge on any atom is -0.444 e. The van der Waals surface area contributed by atoms with E-state index in [0.29, 0.717) is 56.6 Å². The van der Waals surface area contributed by atoms with Crippen molar-refractivity contribution in [2.24, 2.45) is 0 Å². The molecule has 2 aromatic rings. The molecule has 0 aromatic carbocycles. The van der Waals surface area contributed by atoms with E-state index < -0.39 is 21.7 Å². The van der Waals surface area contributed by atoms with Crippen molar-refractivity contribution >= 4 is 33.4 Å². The zero-order chi connectivity index (χ0) is 24.5. The predicted octanol–water partition coefficient (Wildman–Crippen LogP) is 1.62. The topological polar surface area (TPSA) is 160 Å². The molecule has 1 aliphatic carbocycles. The Morgan fingerprint density at radius 2 is 1.94 bits per heavy atom. The van der Waals surface area contributed by atoms with Gasteiger partial charge in [0.1, 0.15) is 21.7 Å².